The lowest BCUT2D eigenvalue weighted by atomic mass is 9.96. The molecule has 0 spiro atoms. The number of nitrogens with one attached hydrogen (secondary N) is 1. The van der Waals surface area contributed by atoms with Gasteiger partial charge in [-0.15, -0.1) is 0 Å². The van der Waals surface area contributed by atoms with E-state index >= 15 is 0 Å². The Morgan fingerprint density at radius 2 is 2.11 bits per heavy atom. The van der Waals surface area contributed by atoms with Crippen LogP contribution in [0, 0.1) is 6.92 Å². The molecule has 0 aliphatic carbocycles. The predicted molar refractivity (Wildman–Crippen MR) is 103 cm³/mol. The topological polar surface area (TPSA) is 87.4 Å². The van der Waals surface area contributed by atoms with Gasteiger partial charge in [0.05, 0.1) is 25.7 Å². The number of aliphatic imine (C=N–C) groups is 1. The summed E-state index contributed by atoms with van der Waals surface area (Å²) >= 11 is 0. The molecule has 2 rings (SSSR count). The molecule has 0 atom stereocenters. The molecule has 150 valence electrons. The molecule has 0 bridgehead atoms. The van der Waals surface area contributed by atoms with Gasteiger partial charge in [-0.05, 0) is 40.7 Å². The number of piperazine rings is 1. The lowest BCUT2D eigenvalue weighted by Crippen LogP contribution is -2.66. The minimum Gasteiger partial charge on any atom is -0.465 e. The quantitative estimate of drug-likeness (QED) is 0.488. The second-order valence-electron chi connectivity index (χ2n) is 7.60. The van der Waals surface area contributed by atoms with Crippen LogP contribution in [0.1, 0.15) is 49.6 Å². The Kier molecular flexibility index (Phi) is 6.18. The van der Waals surface area contributed by atoms with Crippen molar-refractivity contribution in [2.45, 2.75) is 52.7 Å². The second-order valence-corrected chi connectivity index (χ2v) is 7.60. The third-order valence-electron chi connectivity index (χ3n) is 4.65. The molecular weight excluding hydrogens is 348 g/mol. The maximum Gasteiger partial charge on any atom is 0.341 e. The number of aryl methyl sites for hydroxylation is 1. The van der Waals surface area contributed by atoms with Crippen LogP contribution >= 0.6 is 0 Å². The van der Waals surface area contributed by atoms with Crippen molar-refractivity contribution in [1.29, 1.82) is 0 Å². The number of carbonyl (C=O) groups excluding carboxylic acids is 2. The summed E-state index contributed by atoms with van der Waals surface area (Å²) in [5, 5.41) is 3.21. The lowest BCUT2D eigenvalue weighted by Gasteiger charge is -2.49. The van der Waals surface area contributed by atoms with E-state index in [4.69, 9.17) is 9.15 Å². The first kappa shape index (κ1) is 20.8. The van der Waals surface area contributed by atoms with Gasteiger partial charge in [-0.1, -0.05) is 0 Å². The molecule has 8 nitrogen and oxygen atoms in total. The molecule has 27 heavy (non-hydrogen) atoms. The molecule has 1 aliphatic heterocycles. The number of hydrogen-bond donors (Lipinski definition) is 1. The Bertz CT molecular complexity index is 736. The Hall–Kier alpha value is -2.51. The number of esters is 1. The van der Waals surface area contributed by atoms with Crippen LogP contribution in [0.25, 0.3) is 0 Å². The van der Waals surface area contributed by atoms with Crippen molar-refractivity contribution in [3.05, 3.63) is 23.2 Å². The number of amides is 1. The fraction of sp³-hybridized carbons (Fsp3) is 0.632. The Morgan fingerprint density at radius 3 is 2.63 bits per heavy atom. The third-order valence-corrected chi connectivity index (χ3v) is 4.65. The van der Waals surface area contributed by atoms with Crippen molar-refractivity contribution in [3.8, 4) is 0 Å². The van der Waals surface area contributed by atoms with E-state index in [0.29, 0.717) is 36.1 Å². The summed E-state index contributed by atoms with van der Waals surface area (Å²) in [6.07, 6.45) is 0. The minimum absolute atomic E-state index is 0.0750. The zero-order valence-electron chi connectivity index (χ0n) is 17.3. The molecule has 1 amide bonds. The molecule has 8 heteroatoms. The van der Waals surface area contributed by atoms with Crippen molar-refractivity contribution < 1.29 is 18.7 Å². The molecule has 1 aromatic heterocycles. The summed E-state index contributed by atoms with van der Waals surface area (Å²) in [5.41, 5.74) is 0.103. The van der Waals surface area contributed by atoms with Gasteiger partial charge < -0.3 is 24.3 Å². The SMILES string of the molecule is CN=C(NCc1cc(C(=O)OC)c(C)o1)N1CC(=O)N(C(C)C)C(C)(C)C1. The van der Waals surface area contributed by atoms with Gasteiger partial charge in [-0.3, -0.25) is 9.79 Å². The highest BCUT2D eigenvalue weighted by atomic mass is 16.5. The standard InChI is InChI=1S/C19H30N4O4/c1-12(2)23-16(24)10-22(11-19(23,4)5)18(20-6)21-9-14-8-15(13(3)27-14)17(25)26-7/h8,12H,9-11H2,1-7H3,(H,20,21). The molecule has 0 saturated carbocycles. The molecule has 1 aromatic rings. The van der Waals surface area contributed by atoms with Gasteiger partial charge in [0.15, 0.2) is 5.96 Å². The largest absolute Gasteiger partial charge is 0.465 e. The summed E-state index contributed by atoms with van der Waals surface area (Å²) in [6.45, 7) is 11.2. The van der Waals surface area contributed by atoms with Gasteiger partial charge in [0.2, 0.25) is 5.91 Å². The van der Waals surface area contributed by atoms with E-state index in [1.165, 1.54) is 7.11 Å². The summed E-state index contributed by atoms with van der Waals surface area (Å²) in [7, 11) is 3.02. The molecule has 0 radical (unpaired) electrons. The van der Waals surface area contributed by atoms with Crippen molar-refractivity contribution in [3.63, 3.8) is 0 Å². The van der Waals surface area contributed by atoms with E-state index in [1.54, 1.807) is 20.0 Å². The molecule has 1 aliphatic rings. The van der Waals surface area contributed by atoms with Crippen LogP contribution in [-0.2, 0) is 16.1 Å². The molecule has 2 heterocycles. The molecular formula is C19H30N4O4. The summed E-state index contributed by atoms with van der Waals surface area (Å²) in [5.74, 6) is 1.37. The highest BCUT2D eigenvalue weighted by Crippen LogP contribution is 2.24. The summed E-state index contributed by atoms with van der Waals surface area (Å²) < 4.78 is 10.4. The average molecular weight is 378 g/mol. The first-order chi connectivity index (χ1) is 12.6. The molecule has 0 unspecified atom stereocenters. The van der Waals surface area contributed by atoms with Gasteiger partial charge in [-0.2, -0.15) is 0 Å². The number of methoxy groups -OCH3 is 1. The minimum atomic E-state index is -0.427. The fourth-order valence-corrected chi connectivity index (χ4v) is 3.75. The summed E-state index contributed by atoms with van der Waals surface area (Å²) in [4.78, 5) is 32.5. The molecule has 0 aromatic carbocycles. The second kappa shape index (κ2) is 8.02. The first-order valence-corrected chi connectivity index (χ1v) is 9.06. The number of rotatable bonds is 4. The average Bonchev–Trinajstić information content (AvgIpc) is 2.93. The highest BCUT2D eigenvalue weighted by molar-refractivity contribution is 5.90. The van der Waals surface area contributed by atoms with E-state index in [-0.39, 0.29) is 24.0 Å². The lowest BCUT2D eigenvalue weighted by molar-refractivity contribution is -0.145. The van der Waals surface area contributed by atoms with Crippen molar-refractivity contribution in [2.24, 2.45) is 4.99 Å². The monoisotopic (exact) mass is 378 g/mol. The van der Waals surface area contributed by atoms with Crippen LogP contribution in [0.15, 0.2) is 15.5 Å². The number of carbonyl (C=O) groups is 2. The van der Waals surface area contributed by atoms with Crippen LogP contribution in [-0.4, -0.2) is 66.5 Å². The van der Waals surface area contributed by atoms with Crippen molar-refractivity contribution >= 4 is 17.8 Å². The van der Waals surface area contributed by atoms with E-state index < -0.39 is 5.97 Å². The number of nitrogens with zero attached hydrogens (tertiary/aromatic N) is 3. The smallest absolute Gasteiger partial charge is 0.341 e. The Balaban J connectivity index is 2.08. The normalized spacial score (nSPS) is 17.5. The van der Waals surface area contributed by atoms with Gasteiger partial charge in [0.1, 0.15) is 17.1 Å². The number of furan rings is 1. The van der Waals surface area contributed by atoms with Crippen LogP contribution in [0.4, 0.5) is 0 Å². The Morgan fingerprint density at radius 1 is 1.44 bits per heavy atom. The number of guanidine groups is 1. The van der Waals surface area contributed by atoms with Gasteiger partial charge in [0, 0.05) is 19.6 Å². The zero-order valence-corrected chi connectivity index (χ0v) is 17.3. The first-order valence-electron chi connectivity index (χ1n) is 9.06. The molecule has 1 fully saturated rings. The van der Waals surface area contributed by atoms with E-state index in [9.17, 15) is 9.59 Å². The van der Waals surface area contributed by atoms with Crippen LogP contribution in [0.3, 0.4) is 0 Å². The maximum atomic E-state index is 12.6. The fourth-order valence-electron chi connectivity index (χ4n) is 3.75. The summed E-state index contributed by atoms with van der Waals surface area (Å²) in [6, 6.07) is 1.81. The molecule has 1 N–H and O–H groups in total. The van der Waals surface area contributed by atoms with Crippen LogP contribution in [0.2, 0.25) is 0 Å². The third kappa shape index (κ3) is 4.43. The van der Waals surface area contributed by atoms with Crippen LogP contribution in [0.5, 0.6) is 0 Å². The van der Waals surface area contributed by atoms with Gasteiger partial charge in [-0.25, -0.2) is 4.79 Å². The van der Waals surface area contributed by atoms with Gasteiger partial charge >= 0.3 is 5.97 Å². The number of hydrogen-bond acceptors (Lipinski definition) is 5. The maximum absolute atomic E-state index is 12.6. The van der Waals surface area contributed by atoms with Crippen molar-refractivity contribution in [1.82, 2.24) is 15.1 Å². The van der Waals surface area contributed by atoms with Crippen LogP contribution < -0.4 is 5.32 Å². The van der Waals surface area contributed by atoms with Crippen molar-refractivity contribution in [2.75, 3.05) is 27.2 Å². The predicted octanol–water partition coefficient (Wildman–Crippen LogP) is 1.78. The van der Waals surface area contributed by atoms with E-state index in [0.717, 1.165) is 0 Å². The zero-order chi connectivity index (χ0) is 20.4. The van der Waals surface area contributed by atoms with E-state index in [1.807, 2.05) is 23.6 Å². The van der Waals surface area contributed by atoms with Gasteiger partial charge in [0.25, 0.3) is 0 Å². The number of ether oxygens (including phenoxy) is 1. The molecule has 1 saturated heterocycles. The Labute approximate surface area is 160 Å². The van der Waals surface area contributed by atoms with E-state index in [2.05, 4.69) is 24.2 Å². The highest BCUT2D eigenvalue weighted by Gasteiger charge is 2.40.